The zero-order valence-corrected chi connectivity index (χ0v) is 6.36. The third kappa shape index (κ3) is 5.87. The van der Waals surface area contributed by atoms with Crippen LogP contribution in [0, 0.1) is 6.58 Å². The zero-order chi connectivity index (χ0) is 5.91. The Bertz CT molecular complexity index is 59.1. The monoisotopic (exact) mass is 113 g/mol. The molecule has 0 rings (SSSR count). The highest BCUT2D eigenvalue weighted by Crippen LogP contribution is 2.06. The van der Waals surface area contributed by atoms with E-state index in [1.807, 2.05) is 0 Å². The number of hydrogen-bond donors (Lipinski definition) is 0. The second-order valence-corrected chi connectivity index (χ2v) is 8.53. The molecular formula is C6H13Si+. The molecule has 0 fully saturated rings. The van der Waals surface area contributed by atoms with Gasteiger partial charge in [0.15, 0.2) is 0 Å². The van der Waals surface area contributed by atoms with E-state index < -0.39 is 8.07 Å². The number of hydrogen-bond acceptors (Lipinski definition) is 0. The molecule has 1 heteroatoms. The largest absolute Gasteiger partial charge is 0.201 e. The molecule has 0 heterocycles. The molecule has 0 aromatic carbocycles. The van der Waals surface area contributed by atoms with Crippen LogP contribution in [0.2, 0.25) is 25.7 Å². The minimum atomic E-state index is -0.838. The van der Waals surface area contributed by atoms with Crippen molar-refractivity contribution in [3.05, 3.63) is 12.7 Å². The first-order chi connectivity index (χ1) is 3.06. The number of rotatable bonds is 2. The Hall–Kier alpha value is -0.133. The van der Waals surface area contributed by atoms with Gasteiger partial charge in [0.05, 0.1) is 8.07 Å². The normalized spacial score (nSPS) is 11.1. The highest BCUT2D eigenvalue weighted by molar-refractivity contribution is 6.76. The van der Waals surface area contributed by atoms with Gasteiger partial charge in [-0.15, -0.1) is 0 Å². The maximum Gasteiger partial charge on any atom is 0.201 e. The molecule has 0 saturated heterocycles. The topological polar surface area (TPSA) is 0 Å². The van der Waals surface area contributed by atoms with Crippen molar-refractivity contribution in [3.63, 3.8) is 0 Å². The summed E-state index contributed by atoms with van der Waals surface area (Å²) in [4.78, 5) is 0. The Kier molecular flexibility index (Phi) is 2.20. The van der Waals surface area contributed by atoms with Gasteiger partial charge in [0.2, 0.25) is 6.58 Å². The van der Waals surface area contributed by atoms with Crippen molar-refractivity contribution in [1.82, 2.24) is 0 Å². The molecule has 0 nitrogen and oxygen atoms in total. The first kappa shape index (κ1) is 6.87. The lowest BCUT2D eigenvalue weighted by Crippen LogP contribution is -2.16. The quantitative estimate of drug-likeness (QED) is 0.381. The summed E-state index contributed by atoms with van der Waals surface area (Å²) in [6.07, 6.45) is 1.77. The van der Waals surface area contributed by atoms with Crippen molar-refractivity contribution in [2.75, 3.05) is 0 Å². The highest BCUT2D eigenvalue weighted by atomic mass is 28.3. The predicted molar refractivity (Wildman–Crippen MR) is 37.0 cm³/mol. The van der Waals surface area contributed by atoms with E-state index in [1.54, 1.807) is 6.08 Å². The van der Waals surface area contributed by atoms with Gasteiger partial charge in [0.1, 0.15) is 6.08 Å². The van der Waals surface area contributed by atoms with E-state index >= 15 is 0 Å². The van der Waals surface area contributed by atoms with Gasteiger partial charge in [-0.1, -0.05) is 19.6 Å². The van der Waals surface area contributed by atoms with Crippen LogP contribution in [-0.4, -0.2) is 8.07 Å². The molecule has 0 unspecified atom stereocenters. The second kappa shape index (κ2) is 2.25. The van der Waals surface area contributed by atoms with E-state index in [2.05, 4.69) is 19.6 Å². The molecule has 7 heavy (non-hydrogen) atoms. The molecule has 0 aromatic heterocycles. The SMILES string of the molecule is [CH+]=CC[Si](C)(C)C. The fourth-order valence-electron chi connectivity index (χ4n) is 0.354. The van der Waals surface area contributed by atoms with E-state index in [4.69, 9.17) is 6.58 Å². The van der Waals surface area contributed by atoms with Crippen LogP contribution >= 0.6 is 0 Å². The molecule has 0 bridgehead atoms. The summed E-state index contributed by atoms with van der Waals surface area (Å²) in [5.41, 5.74) is 0. The fourth-order valence-corrected chi connectivity index (χ4v) is 1.06. The average Bonchev–Trinajstić information content (AvgIpc) is 1.30. The fraction of sp³-hybridized carbons (Fsp3) is 0.667. The summed E-state index contributed by atoms with van der Waals surface area (Å²) >= 11 is 0. The van der Waals surface area contributed by atoms with Gasteiger partial charge in [0.25, 0.3) is 0 Å². The highest BCUT2D eigenvalue weighted by Gasteiger charge is 2.10. The van der Waals surface area contributed by atoms with E-state index in [0.717, 1.165) is 6.04 Å². The van der Waals surface area contributed by atoms with Gasteiger partial charge in [-0.05, 0) is 0 Å². The summed E-state index contributed by atoms with van der Waals surface area (Å²) in [5.74, 6) is 0. The molecule has 0 aliphatic rings. The summed E-state index contributed by atoms with van der Waals surface area (Å²) in [6, 6.07) is 1.13. The third-order valence-corrected chi connectivity index (χ3v) is 2.19. The third-order valence-electron chi connectivity index (χ3n) is 0.730. The molecule has 0 aromatic rings. The molecule has 0 spiro atoms. The second-order valence-electron chi connectivity index (χ2n) is 3.00. The standard InChI is InChI=1S/C6H13Si/c1-5-6-7(2,3)4/h1,5H,6H2,2-4H3/q+1. The van der Waals surface area contributed by atoms with E-state index in [0.29, 0.717) is 0 Å². The average molecular weight is 113 g/mol. The van der Waals surface area contributed by atoms with Crippen molar-refractivity contribution in [1.29, 1.82) is 0 Å². The Morgan fingerprint density at radius 3 is 1.86 bits per heavy atom. The molecule has 0 atom stereocenters. The van der Waals surface area contributed by atoms with Crippen LogP contribution in [0.5, 0.6) is 0 Å². The van der Waals surface area contributed by atoms with E-state index in [9.17, 15) is 0 Å². The molecule has 0 saturated carbocycles. The predicted octanol–water partition coefficient (Wildman–Crippen LogP) is 2.31. The van der Waals surface area contributed by atoms with Gasteiger partial charge in [0, 0.05) is 6.04 Å². The summed E-state index contributed by atoms with van der Waals surface area (Å²) in [7, 11) is -0.838. The Morgan fingerprint density at radius 1 is 1.43 bits per heavy atom. The first-order valence-electron chi connectivity index (χ1n) is 2.60. The van der Waals surface area contributed by atoms with Gasteiger partial charge in [-0.25, -0.2) is 0 Å². The minimum Gasteiger partial charge on any atom is -0.0692 e. The Balaban J connectivity index is 3.34. The van der Waals surface area contributed by atoms with Crippen LogP contribution in [0.3, 0.4) is 0 Å². The molecule has 0 aliphatic carbocycles. The molecule has 0 amide bonds. The molecule has 0 radical (unpaired) electrons. The summed E-state index contributed by atoms with van der Waals surface area (Å²) < 4.78 is 0. The van der Waals surface area contributed by atoms with Gasteiger partial charge in [-0.3, -0.25) is 0 Å². The Morgan fingerprint density at radius 2 is 1.86 bits per heavy atom. The minimum absolute atomic E-state index is 0.838. The maximum absolute atomic E-state index is 5.22. The lowest BCUT2D eigenvalue weighted by Gasteiger charge is -2.07. The molecular weight excluding hydrogens is 100 g/mol. The maximum atomic E-state index is 5.22. The van der Waals surface area contributed by atoms with Crippen LogP contribution in [0.15, 0.2) is 6.08 Å². The van der Waals surface area contributed by atoms with E-state index in [-0.39, 0.29) is 0 Å². The summed E-state index contributed by atoms with van der Waals surface area (Å²) in [5, 5.41) is 0. The van der Waals surface area contributed by atoms with Crippen LogP contribution in [-0.2, 0) is 0 Å². The summed E-state index contributed by atoms with van der Waals surface area (Å²) in [6.45, 7) is 12.1. The van der Waals surface area contributed by atoms with E-state index in [1.165, 1.54) is 0 Å². The van der Waals surface area contributed by atoms with Crippen molar-refractivity contribution >= 4 is 8.07 Å². The smallest absolute Gasteiger partial charge is 0.0692 e. The van der Waals surface area contributed by atoms with Crippen molar-refractivity contribution < 1.29 is 0 Å². The zero-order valence-electron chi connectivity index (χ0n) is 5.36. The van der Waals surface area contributed by atoms with Crippen LogP contribution in [0.4, 0.5) is 0 Å². The van der Waals surface area contributed by atoms with Gasteiger partial charge >= 0.3 is 0 Å². The lowest BCUT2D eigenvalue weighted by atomic mass is 10.8. The molecule has 0 aliphatic heterocycles. The van der Waals surface area contributed by atoms with Gasteiger partial charge < -0.3 is 0 Å². The first-order valence-corrected chi connectivity index (χ1v) is 6.30. The lowest BCUT2D eigenvalue weighted by molar-refractivity contribution is 1.52. The van der Waals surface area contributed by atoms with Gasteiger partial charge in [-0.2, -0.15) is 0 Å². The van der Waals surface area contributed by atoms with Crippen molar-refractivity contribution in [2.24, 2.45) is 0 Å². The van der Waals surface area contributed by atoms with Crippen molar-refractivity contribution in [2.45, 2.75) is 25.7 Å². The van der Waals surface area contributed by atoms with Crippen LogP contribution in [0.1, 0.15) is 0 Å². The number of allylic oxidation sites excluding steroid dienone is 1. The molecule has 0 N–H and O–H groups in total. The van der Waals surface area contributed by atoms with Crippen LogP contribution < -0.4 is 0 Å². The van der Waals surface area contributed by atoms with Crippen LogP contribution in [0.25, 0.3) is 0 Å². The molecule has 40 valence electrons. The Labute approximate surface area is 47.3 Å². The van der Waals surface area contributed by atoms with Crippen molar-refractivity contribution in [3.8, 4) is 0 Å².